The average molecular weight is 321 g/mol. The average Bonchev–Trinajstić information content (AvgIpc) is 2.95. The van der Waals surface area contributed by atoms with E-state index in [1.54, 1.807) is 5.56 Å². The fourth-order valence-corrected chi connectivity index (χ4v) is 4.87. The minimum Gasteiger partial charge on any atom is -0.0888 e. The molecule has 19 heavy (non-hydrogen) atoms. The van der Waals surface area contributed by atoms with Crippen LogP contribution >= 0.6 is 15.9 Å². The Morgan fingerprint density at radius 3 is 2.42 bits per heavy atom. The van der Waals surface area contributed by atoms with Crippen LogP contribution in [0.15, 0.2) is 30.3 Å². The minimum atomic E-state index is 0.771. The van der Waals surface area contributed by atoms with Gasteiger partial charge in [-0.3, -0.25) is 0 Å². The molecule has 1 heteroatoms. The second-order valence-corrected chi connectivity index (χ2v) is 7.76. The number of hydrogen-bond acceptors (Lipinski definition) is 0. The maximum Gasteiger partial charge on any atom is 0.0174 e. The van der Waals surface area contributed by atoms with Crippen molar-refractivity contribution in [3.8, 4) is 0 Å². The first-order valence-corrected chi connectivity index (χ1v) is 8.93. The number of rotatable bonds is 3. The standard InChI is InChI=1S/C18H25Br/c19-18-11-10-16(15-8-2-1-3-9-15)13-17(18)12-14-6-4-5-7-14/h1-3,8-9,14,16-18H,4-7,10-13H2. The number of benzene rings is 1. The molecule has 2 saturated carbocycles. The van der Waals surface area contributed by atoms with Gasteiger partial charge in [0.25, 0.3) is 0 Å². The predicted octanol–water partition coefficient (Wildman–Crippen LogP) is 5.91. The highest BCUT2D eigenvalue weighted by molar-refractivity contribution is 9.09. The number of alkyl halides is 1. The van der Waals surface area contributed by atoms with Crippen molar-refractivity contribution in [1.82, 2.24) is 0 Å². The van der Waals surface area contributed by atoms with Gasteiger partial charge in [-0.15, -0.1) is 0 Å². The molecule has 3 unspecified atom stereocenters. The van der Waals surface area contributed by atoms with Crippen LogP contribution in [0.25, 0.3) is 0 Å². The minimum absolute atomic E-state index is 0.771. The van der Waals surface area contributed by atoms with Gasteiger partial charge in [0, 0.05) is 4.83 Å². The van der Waals surface area contributed by atoms with Crippen molar-refractivity contribution in [2.45, 2.75) is 62.1 Å². The molecule has 0 nitrogen and oxygen atoms in total. The highest BCUT2D eigenvalue weighted by atomic mass is 79.9. The molecular formula is C18H25Br. The Morgan fingerprint density at radius 1 is 0.947 bits per heavy atom. The van der Waals surface area contributed by atoms with E-state index in [0.29, 0.717) is 0 Å². The first-order valence-electron chi connectivity index (χ1n) is 8.02. The zero-order chi connectivity index (χ0) is 13.1. The van der Waals surface area contributed by atoms with Gasteiger partial charge in [-0.1, -0.05) is 71.9 Å². The predicted molar refractivity (Wildman–Crippen MR) is 85.8 cm³/mol. The van der Waals surface area contributed by atoms with Gasteiger partial charge in [-0.2, -0.15) is 0 Å². The molecule has 2 aliphatic carbocycles. The van der Waals surface area contributed by atoms with E-state index in [9.17, 15) is 0 Å². The van der Waals surface area contributed by atoms with E-state index in [1.807, 2.05) is 0 Å². The molecule has 3 rings (SSSR count). The summed E-state index contributed by atoms with van der Waals surface area (Å²) < 4.78 is 0. The second-order valence-electron chi connectivity index (χ2n) is 6.58. The van der Waals surface area contributed by atoms with E-state index >= 15 is 0 Å². The molecule has 0 heterocycles. The summed E-state index contributed by atoms with van der Waals surface area (Å²) in [6, 6.07) is 11.2. The summed E-state index contributed by atoms with van der Waals surface area (Å²) in [5.74, 6) is 2.74. The number of halogens is 1. The summed E-state index contributed by atoms with van der Waals surface area (Å²) in [5.41, 5.74) is 1.57. The van der Waals surface area contributed by atoms with Gasteiger partial charge >= 0.3 is 0 Å². The molecule has 0 spiro atoms. The molecule has 0 aromatic heterocycles. The molecule has 0 aliphatic heterocycles. The van der Waals surface area contributed by atoms with Gasteiger partial charge in [0.2, 0.25) is 0 Å². The van der Waals surface area contributed by atoms with Gasteiger partial charge < -0.3 is 0 Å². The second kappa shape index (κ2) is 6.43. The van der Waals surface area contributed by atoms with Crippen LogP contribution in [0.2, 0.25) is 0 Å². The van der Waals surface area contributed by atoms with Crippen LogP contribution in [0.4, 0.5) is 0 Å². The molecular weight excluding hydrogens is 296 g/mol. The fraction of sp³-hybridized carbons (Fsp3) is 0.667. The van der Waals surface area contributed by atoms with Gasteiger partial charge in [0.1, 0.15) is 0 Å². The fourth-order valence-electron chi connectivity index (χ4n) is 4.17. The van der Waals surface area contributed by atoms with E-state index < -0.39 is 0 Å². The Bertz CT molecular complexity index is 380. The molecule has 0 amide bonds. The van der Waals surface area contributed by atoms with Crippen molar-refractivity contribution in [3.63, 3.8) is 0 Å². The van der Waals surface area contributed by atoms with Gasteiger partial charge in [-0.05, 0) is 49.0 Å². The van der Waals surface area contributed by atoms with Crippen molar-refractivity contribution in [2.75, 3.05) is 0 Å². The van der Waals surface area contributed by atoms with Crippen LogP contribution in [-0.2, 0) is 0 Å². The van der Waals surface area contributed by atoms with E-state index in [4.69, 9.17) is 0 Å². The molecule has 104 valence electrons. The van der Waals surface area contributed by atoms with E-state index in [1.165, 1.54) is 51.4 Å². The summed E-state index contributed by atoms with van der Waals surface area (Å²) >= 11 is 3.96. The number of hydrogen-bond donors (Lipinski definition) is 0. The van der Waals surface area contributed by atoms with Crippen LogP contribution in [0.5, 0.6) is 0 Å². The van der Waals surface area contributed by atoms with Crippen molar-refractivity contribution in [3.05, 3.63) is 35.9 Å². The smallest absolute Gasteiger partial charge is 0.0174 e. The highest BCUT2D eigenvalue weighted by Crippen LogP contribution is 2.44. The van der Waals surface area contributed by atoms with E-state index in [-0.39, 0.29) is 0 Å². The summed E-state index contributed by atoms with van der Waals surface area (Å²) in [6.45, 7) is 0. The lowest BCUT2D eigenvalue weighted by Crippen LogP contribution is -2.25. The Morgan fingerprint density at radius 2 is 1.68 bits per heavy atom. The maximum atomic E-state index is 3.96. The third-order valence-electron chi connectivity index (χ3n) is 5.27. The molecule has 2 aliphatic rings. The molecule has 3 atom stereocenters. The van der Waals surface area contributed by atoms with E-state index in [0.717, 1.165) is 22.6 Å². The van der Waals surface area contributed by atoms with Gasteiger partial charge in [0.05, 0.1) is 0 Å². The molecule has 0 bridgehead atoms. The SMILES string of the molecule is BrC1CCC(c2ccccc2)CC1CC1CCCC1. The lowest BCUT2D eigenvalue weighted by molar-refractivity contribution is 0.278. The molecule has 0 radical (unpaired) electrons. The highest BCUT2D eigenvalue weighted by Gasteiger charge is 2.31. The largest absolute Gasteiger partial charge is 0.0888 e. The van der Waals surface area contributed by atoms with E-state index in [2.05, 4.69) is 46.3 Å². The topological polar surface area (TPSA) is 0 Å². The molecule has 1 aromatic carbocycles. The third-order valence-corrected chi connectivity index (χ3v) is 6.48. The first kappa shape index (κ1) is 13.7. The first-order chi connectivity index (χ1) is 9.33. The normalized spacial score (nSPS) is 32.6. The molecule has 0 saturated heterocycles. The monoisotopic (exact) mass is 320 g/mol. The van der Waals surface area contributed by atoms with Crippen molar-refractivity contribution in [2.24, 2.45) is 11.8 Å². The van der Waals surface area contributed by atoms with Gasteiger partial charge in [0.15, 0.2) is 0 Å². The van der Waals surface area contributed by atoms with Crippen LogP contribution < -0.4 is 0 Å². The summed E-state index contributed by atoms with van der Waals surface area (Å²) in [5, 5.41) is 0. The van der Waals surface area contributed by atoms with Crippen molar-refractivity contribution >= 4 is 15.9 Å². The van der Waals surface area contributed by atoms with Crippen molar-refractivity contribution < 1.29 is 0 Å². The quantitative estimate of drug-likeness (QED) is 0.607. The Hall–Kier alpha value is -0.300. The lowest BCUT2D eigenvalue weighted by atomic mass is 9.74. The van der Waals surface area contributed by atoms with Crippen LogP contribution in [-0.4, -0.2) is 4.83 Å². The Balaban J connectivity index is 1.63. The zero-order valence-electron chi connectivity index (χ0n) is 11.7. The summed E-state index contributed by atoms with van der Waals surface area (Å²) in [7, 11) is 0. The maximum absolute atomic E-state index is 3.96. The van der Waals surface area contributed by atoms with Crippen LogP contribution in [0.3, 0.4) is 0 Å². The summed E-state index contributed by atoms with van der Waals surface area (Å²) in [4.78, 5) is 0.771. The van der Waals surface area contributed by atoms with Crippen LogP contribution in [0, 0.1) is 11.8 Å². The van der Waals surface area contributed by atoms with Crippen LogP contribution in [0.1, 0.15) is 62.8 Å². The molecule has 2 fully saturated rings. The summed E-state index contributed by atoms with van der Waals surface area (Å²) in [6.07, 6.45) is 11.5. The Labute approximate surface area is 126 Å². The van der Waals surface area contributed by atoms with Gasteiger partial charge in [-0.25, -0.2) is 0 Å². The van der Waals surface area contributed by atoms with Crippen molar-refractivity contribution in [1.29, 1.82) is 0 Å². The Kier molecular flexibility index (Phi) is 4.63. The third kappa shape index (κ3) is 3.42. The zero-order valence-corrected chi connectivity index (χ0v) is 13.3. The molecule has 1 aromatic rings. The molecule has 0 N–H and O–H groups in total. The lowest BCUT2D eigenvalue weighted by Gasteiger charge is -2.35.